The Morgan fingerprint density at radius 1 is 0.489 bits per heavy atom. The molecule has 21 heteroatoms. The number of benzene rings is 6. The van der Waals surface area contributed by atoms with Crippen molar-refractivity contribution < 1.29 is 41.0 Å². The van der Waals surface area contributed by atoms with E-state index in [0.717, 1.165) is 81.3 Å². The van der Waals surface area contributed by atoms with Gasteiger partial charge in [-0.3, -0.25) is 33.5 Å². The summed E-state index contributed by atoms with van der Waals surface area (Å²) in [4.78, 5) is 68.6. The second-order valence-electron chi connectivity index (χ2n) is 22.8. The van der Waals surface area contributed by atoms with E-state index in [0.29, 0.717) is 96.0 Å². The lowest BCUT2D eigenvalue weighted by molar-refractivity contribution is -0.138. The molecule has 0 atom stereocenters. The average Bonchev–Trinajstić information content (AvgIpc) is 0.768. The number of carbonyl (C=O) groups is 2. The number of pyridine rings is 4. The third-order valence-corrected chi connectivity index (χ3v) is 16.1. The molecule has 15 nitrogen and oxygen atoms in total. The van der Waals surface area contributed by atoms with E-state index < -0.39 is 35.4 Å². The first-order chi connectivity index (χ1) is 43.3. The van der Waals surface area contributed by atoms with Crippen LogP contribution in [0.15, 0.2) is 180 Å². The molecule has 0 bridgehead atoms. The van der Waals surface area contributed by atoms with Gasteiger partial charge in [0.25, 0.3) is 17.0 Å². The largest absolute Gasteiger partial charge is 0.478 e. The van der Waals surface area contributed by atoms with Crippen molar-refractivity contribution in [3.8, 4) is 33.6 Å². The van der Waals surface area contributed by atoms with Gasteiger partial charge in [0.2, 0.25) is 0 Å². The van der Waals surface area contributed by atoms with Gasteiger partial charge in [0.05, 0.1) is 27.7 Å². The number of piperazine rings is 2. The highest BCUT2D eigenvalue weighted by atomic mass is 19.4. The number of hydrogen-bond acceptors (Lipinski definition) is 11. The molecule has 6 heterocycles. The second kappa shape index (κ2) is 27.5. The summed E-state index contributed by atoms with van der Waals surface area (Å²) in [7, 11) is 3.90. The molecule has 4 N–H and O–H groups in total. The van der Waals surface area contributed by atoms with Crippen molar-refractivity contribution in [1.82, 2.24) is 28.9 Å². The molecule has 92 heavy (non-hydrogen) atoms. The zero-order valence-corrected chi connectivity index (χ0v) is 50.8. The van der Waals surface area contributed by atoms with Gasteiger partial charge in [0.1, 0.15) is 0 Å². The van der Waals surface area contributed by atoms with E-state index in [-0.39, 0.29) is 29.7 Å². The molecule has 0 saturated carbocycles. The molecule has 10 aromatic rings. The van der Waals surface area contributed by atoms with Crippen LogP contribution in [-0.2, 0) is 12.4 Å². The number of anilines is 4. The lowest BCUT2D eigenvalue weighted by Gasteiger charge is -2.34. The fourth-order valence-corrected chi connectivity index (χ4v) is 11.1. The highest BCUT2D eigenvalue weighted by Gasteiger charge is 2.34. The van der Waals surface area contributed by atoms with Crippen LogP contribution in [0.25, 0.3) is 55.4 Å². The van der Waals surface area contributed by atoms with Crippen LogP contribution in [-0.4, -0.2) is 112 Å². The zero-order valence-electron chi connectivity index (χ0n) is 50.8. The van der Waals surface area contributed by atoms with Gasteiger partial charge >= 0.3 is 18.3 Å². The molecule has 0 unspecified atom stereocenters. The number of nitrogens with one attached hydrogen (secondary N) is 1. The Hall–Kier alpha value is -10.1. The Balaban J connectivity index is 0.000000179. The number of carboxylic acid groups (broad SMARTS) is 1. The van der Waals surface area contributed by atoms with Crippen LogP contribution in [0.5, 0.6) is 0 Å². The molecule has 476 valence electrons. The van der Waals surface area contributed by atoms with Crippen LogP contribution >= 0.6 is 0 Å². The van der Waals surface area contributed by atoms with E-state index in [1.807, 2.05) is 150 Å². The minimum Gasteiger partial charge on any atom is -0.478 e. The predicted octanol–water partition coefficient (Wildman–Crippen LogP) is 13.7. The number of carboxylic acids is 1. The minimum atomic E-state index is -4.61. The third kappa shape index (κ3) is 15.0. The normalized spacial score (nSPS) is 13.8. The fraction of sp³-hybridized carbons (Fsp3) is 0.239. The topological polar surface area (TPSA) is 175 Å². The number of amides is 1. The molecular weight excluding hydrogens is 1190 g/mol. The van der Waals surface area contributed by atoms with Crippen molar-refractivity contribution in [2.24, 2.45) is 0 Å². The summed E-state index contributed by atoms with van der Waals surface area (Å²) < 4.78 is 83.5. The quantitative estimate of drug-likeness (QED) is 0.0923. The summed E-state index contributed by atoms with van der Waals surface area (Å²) in [5.41, 5.74) is 14.1. The predicted molar refractivity (Wildman–Crippen MR) is 353 cm³/mol. The van der Waals surface area contributed by atoms with Crippen LogP contribution in [0.3, 0.4) is 0 Å². The number of aromatic nitrogens is 4. The maximum Gasteiger partial charge on any atom is 0.416 e. The van der Waals surface area contributed by atoms with Crippen LogP contribution in [0.2, 0.25) is 0 Å². The first-order valence-electron chi connectivity index (χ1n) is 29.3. The standard InChI is InChI=1S/C35H32F3N5O2.C22H19N3O.C13H15F3N2O2.CH4/c1-22-9-10-27(40-33(44)24-16-26(35(36,37)38)19-29(17-24)42-13-11-41(3)12-14-42)20-30(22)31-18-25-21-39-23(2)15-32(25)43(34(31)45)28-7-5-4-6-8-28;1-14-8-9-17(23)12-19(14)20-11-16-13-24-15(2)10-21(16)25(22(20)26)18-6-4-3-5-7-18;1-17-2-4-18(5-3-17)11-7-9(12(19)20)6-10(8-11)13(14,15)16;/h4-10,15-21H,11-14H2,1-3H3,(H,40,44);3-13H,23H2,1-2H3;6-8H,2-5H2,1H3,(H,19,20);1H4. The SMILES string of the molecule is C.CN1CCN(c2cc(C(=O)O)cc(C(F)(F)F)c2)CC1.Cc1cc2c(cn1)cc(-c1cc(N)ccc1C)c(=O)n2-c1ccccc1.Cc1cc2c(cn1)cc(-c1cc(NC(=O)c3cc(N4CCN(C)CC4)cc(C(F)(F)F)c3)ccc1C)c(=O)n2-c1ccccc1. The third-order valence-electron chi connectivity index (χ3n) is 16.1. The van der Waals surface area contributed by atoms with Crippen molar-refractivity contribution in [3.63, 3.8) is 0 Å². The number of fused-ring (bicyclic) bond motifs is 2. The molecule has 2 aliphatic rings. The van der Waals surface area contributed by atoms with E-state index in [4.69, 9.17) is 10.8 Å². The summed E-state index contributed by atoms with van der Waals surface area (Å²) >= 11 is 0. The number of halogens is 6. The Kier molecular flexibility index (Phi) is 19.9. The van der Waals surface area contributed by atoms with Gasteiger partial charge < -0.3 is 35.8 Å². The number of aryl methyl sites for hydroxylation is 4. The van der Waals surface area contributed by atoms with E-state index in [9.17, 15) is 45.5 Å². The molecular formula is C71H70F6N10O5. The Morgan fingerprint density at radius 3 is 1.34 bits per heavy atom. The lowest BCUT2D eigenvalue weighted by Crippen LogP contribution is -2.44. The smallest absolute Gasteiger partial charge is 0.416 e. The highest BCUT2D eigenvalue weighted by Crippen LogP contribution is 2.36. The van der Waals surface area contributed by atoms with E-state index in [1.165, 1.54) is 12.1 Å². The van der Waals surface area contributed by atoms with E-state index in [1.54, 1.807) is 44.5 Å². The van der Waals surface area contributed by atoms with Crippen LogP contribution in [0.4, 0.5) is 49.1 Å². The molecule has 12 rings (SSSR count). The number of carbonyl (C=O) groups excluding carboxylic acids is 1. The number of aromatic carboxylic acids is 1. The van der Waals surface area contributed by atoms with Crippen molar-refractivity contribution in [2.75, 3.05) is 87.3 Å². The summed E-state index contributed by atoms with van der Waals surface area (Å²) in [6.45, 7) is 12.8. The summed E-state index contributed by atoms with van der Waals surface area (Å²) in [6, 6.07) is 43.7. The van der Waals surface area contributed by atoms with Crippen molar-refractivity contribution in [2.45, 2.75) is 47.5 Å². The van der Waals surface area contributed by atoms with Gasteiger partial charge in [-0.25, -0.2) is 4.79 Å². The number of nitrogens with zero attached hydrogens (tertiary/aromatic N) is 8. The monoisotopic (exact) mass is 1260 g/mol. The molecule has 1 amide bonds. The number of nitrogen functional groups attached to an aromatic ring is 1. The van der Waals surface area contributed by atoms with Gasteiger partial charge in [0.15, 0.2) is 0 Å². The number of nitrogens with two attached hydrogens (primary N) is 1. The first kappa shape index (κ1) is 66.3. The van der Waals surface area contributed by atoms with E-state index in [2.05, 4.69) is 25.1 Å². The second-order valence-corrected chi connectivity index (χ2v) is 22.8. The average molecular weight is 1260 g/mol. The Morgan fingerprint density at radius 2 is 0.902 bits per heavy atom. The Bertz CT molecular complexity index is 4480. The molecule has 2 aliphatic heterocycles. The maximum atomic E-state index is 14.1. The number of para-hydroxylation sites is 2. The summed E-state index contributed by atoms with van der Waals surface area (Å²) in [5.74, 6) is -2.03. The van der Waals surface area contributed by atoms with Crippen LogP contribution in [0, 0.1) is 27.7 Å². The van der Waals surface area contributed by atoms with Crippen molar-refractivity contribution >= 4 is 56.4 Å². The molecule has 2 saturated heterocycles. The molecule has 0 aliphatic carbocycles. The lowest BCUT2D eigenvalue weighted by atomic mass is 9.99. The summed E-state index contributed by atoms with van der Waals surface area (Å²) in [5, 5.41) is 13.4. The molecule has 2 fully saturated rings. The number of likely N-dealkylation sites (N-methyl/N-ethyl adjacent to an activating group) is 2. The first-order valence-corrected chi connectivity index (χ1v) is 29.3. The molecule has 0 spiro atoms. The Labute approximate surface area is 528 Å². The highest BCUT2D eigenvalue weighted by molar-refractivity contribution is 6.05. The maximum absolute atomic E-state index is 14.1. The van der Waals surface area contributed by atoms with Crippen molar-refractivity contribution in [1.29, 1.82) is 0 Å². The van der Waals surface area contributed by atoms with Gasteiger partial charge in [0, 0.05) is 138 Å². The fourth-order valence-electron chi connectivity index (χ4n) is 11.1. The molecule has 6 aromatic carbocycles. The molecule has 4 aromatic heterocycles. The van der Waals surface area contributed by atoms with E-state index >= 15 is 0 Å². The van der Waals surface area contributed by atoms with Gasteiger partial charge in [-0.15, -0.1) is 0 Å². The van der Waals surface area contributed by atoms with Gasteiger partial charge in [-0.2, -0.15) is 26.3 Å². The number of rotatable bonds is 9. The van der Waals surface area contributed by atoms with Crippen LogP contribution in [0.1, 0.15) is 61.8 Å². The summed E-state index contributed by atoms with van der Waals surface area (Å²) in [6.07, 6.45) is -5.63. The number of alkyl halides is 6. The zero-order chi connectivity index (χ0) is 65.1. The number of hydrogen-bond donors (Lipinski definition) is 3. The van der Waals surface area contributed by atoms with Gasteiger partial charge in [-0.05, 0) is 173 Å². The minimum absolute atomic E-state index is 0. The van der Waals surface area contributed by atoms with Crippen LogP contribution < -0.4 is 32.0 Å². The van der Waals surface area contributed by atoms with Gasteiger partial charge in [-0.1, -0.05) is 56.0 Å². The molecule has 0 radical (unpaired) electrons. The van der Waals surface area contributed by atoms with Crippen molar-refractivity contribution in [3.05, 3.63) is 236 Å².